The van der Waals surface area contributed by atoms with Gasteiger partial charge in [0.2, 0.25) is 0 Å². The first-order valence-corrected chi connectivity index (χ1v) is 9.95. The lowest BCUT2D eigenvalue weighted by Gasteiger charge is -2.40. The monoisotopic (exact) mass is 319 g/mol. The van der Waals surface area contributed by atoms with Crippen LogP contribution in [-0.2, 0) is 6.42 Å². The standard InChI is InChI=1S/C19H29NOS/c1-21-19-6-2-4-16(14-19)7-8-17-5-3-11-20(15-17)18-9-12-22-13-10-18/h2,4,6,14,17-18H,3,5,7-13,15H2,1H3/t17-/m1/s1. The molecule has 2 saturated heterocycles. The maximum absolute atomic E-state index is 5.33. The van der Waals surface area contributed by atoms with Crippen molar-refractivity contribution in [1.82, 2.24) is 4.90 Å². The minimum atomic E-state index is 0.876. The van der Waals surface area contributed by atoms with Crippen LogP contribution in [0.4, 0.5) is 0 Å². The number of nitrogens with zero attached hydrogens (tertiary/aromatic N) is 1. The fourth-order valence-electron chi connectivity index (χ4n) is 3.91. The molecule has 0 bridgehead atoms. The molecule has 0 saturated carbocycles. The molecule has 2 fully saturated rings. The number of methoxy groups -OCH3 is 1. The number of rotatable bonds is 5. The van der Waals surface area contributed by atoms with Gasteiger partial charge in [-0.05, 0) is 80.2 Å². The lowest BCUT2D eigenvalue weighted by Crippen LogP contribution is -2.44. The van der Waals surface area contributed by atoms with Crippen LogP contribution in [0.1, 0.15) is 37.7 Å². The van der Waals surface area contributed by atoms with E-state index in [9.17, 15) is 0 Å². The summed E-state index contributed by atoms with van der Waals surface area (Å²) in [6, 6.07) is 9.45. The molecule has 2 aliphatic heterocycles. The number of ether oxygens (including phenoxy) is 1. The zero-order valence-electron chi connectivity index (χ0n) is 13.8. The maximum atomic E-state index is 5.33. The molecule has 0 radical (unpaired) electrons. The van der Waals surface area contributed by atoms with Crippen LogP contribution in [0, 0.1) is 5.92 Å². The van der Waals surface area contributed by atoms with Crippen LogP contribution in [0.15, 0.2) is 24.3 Å². The molecule has 0 aliphatic carbocycles. The van der Waals surface area contributed by atoms with E-state index in [0.717, 1.165) is 17.7 Å². The second-order valence-corrected chi connectivity index (χ2v) is 7.96. The summed E-state index contributed by atoms with van der Waals surface area (Å²) in [5.41, 5.74) is 1.42. The third kappa shape index (κ3) is 4.42. The van der Waals surface area contributed by atoms with Gasteiger partial charge >= 0.3 is 0 Å². The fourth-order valence-corrected chi connectivity index (χ4v) is 5.00. The second-order valence-electron chi connectivity index (χ2n) is 6.74. The van der Waals surface area contributed by atoms with Gasteiger partial charge in [0.15, 0.2) is 0 Å². The molecule has 122 valence electrons. The molecule has 0 unspecified atom stereocenters. The zero-order valence-corrected chi connectivity index (χ0v) is 14.6. The largest absolute Gasteiger partial charge is 0.497 e. The van der Waals surface area contributed by atoms with E-state index >= 15 is 0 Å². The molecular weight excluding hydrogens is 290 g/mol. The Hall–Kier alpha value is -0.670. The van der Waals surface area contributed by atoms with Gasteiger partial charge in [-0.3, -0.25) is 0 Å². The minimum Gasteiger partial charge on any atom is -0.497 e. The van der Waals surface area contributed by atoms with Crippen molar-refractivity contribution in [3.05, 3.63) is 29.8 Å². The summed E-state index contributed by atoms with van der Waals surface area (Å²) in [5, 5.41) is 0. The zero-order chi connectivity index (χ0) is 15.2. The topological polar surface area (TPSA) is 12.5 Å². The first-order chi connectivity index (χ1) is 10.8. The van der Waals surface area contributed by atoms with Gasteiger partial charge in [0.25, 0.3) is 0 Å². The van der Waals surface area contributed by atoms with E-state index in [4.69, 9.17) is 4.74 Å². The van der Waals surface area contributed by atoms with Crippen molar-refractivity contribution in [2.75, 3.05) is 31.7 Å². The van der Waals surface area contributed by atoms with Gasteiger partial charge in [-0.15, -0.1) is 0 Å². The number of hydrogen-bond donors (Lipinski definition) is 0. The van der Waals surface area contributed by atoms with Crippen LogP contribution >= 0.6 is 11.8 Å². The highest BCUT2D eigenvalue weighted by Crippen LogP contribution is 2.28. The molecule has 0 spiro atoms. The van der Waals surface area contributed by atoms with Crippen molar-refractivity contribution in [2.45, 2.75) is 44.6 Å². The number of hydrogen-bond acceptors (Lipinski definition) is 3. The summed E-state index contributed by atoms with van der Waals surface area (Å²) in [5.74, 6) is 4.61. The molecule has 2 nitrogen and oxygen atoms in total. The van der Waals surface area contributed by atoms with Gasteiger partial charge in [-0.25, -0.2) is 0 Å². The third-order valence-electron chi connectivity index (χ3n) is 5.23. The molecule has 0 N–H and O–H groups in total. The highest BCUT2D eigenvalue weighted by molar-refractivity contribution is 7.99. The normalized spacial score (nSPS) is 24.3. The smallest absolute Gasteiger partial charge is 0.119 e. The van der Waals surface area contributed by atoms with Gasteiger partial charge in [0.1, 0.15) is 5.75 Å². The number of benzene rings is 1. The Morgan fingerprint density at radius 3 is 2.91 bits per heavy atom. The molecule has 1 aromatic rings. The maximum Gasteiger partial charge on any atom is 0.119 e. The predicted octanol–water partition coefficient (Wildman–Crippen LogP) is 4.24. The lowest BCUT2D eigenvalue weighted by atomic mass is 9.90. The highest BCUT2D eigenvalue weighted by atomic mass is 32.2. The predicted molar refractivity (Wildman–Crippen MR) is 96.0 cm³/mol. The molecule has 2 aliphatic rings. The molecule has 1 aromatic carbocycles. The van der Waals surface area contributed by atoms with Crippen LogP contribution in [0.3, 0.4) is 0 Å². The molecule has 0 amide bonds. The summed E-state index contributed by atoms with van der Waals surface area (Å²) < 4.78 is 5.33. The van der Waals surface area contributed by atoms with E-state index < -0.39 is 0 Å². The molecule has 3 rings (SSSR count). The molecular formula is C19H29NOS. The summed E-state index contributed by atoms with van der Waals surface area (Å²) in [7, 11) is 1.75. The van der Waals surface area contributed by atoms with E-state index in [1.54, 1.807) is 7.11 Å². The van der Waals surface area contributed by atoms with Crippen molar-refractivity contribution >= 4 is 11.8 Å². The Labute approximate surface area is 139 Å². The summed E-state index contributed by atoms with van der Waals surface area (Å²) in [6.07, 6.45) is 8.15. The summed E-state index contributed by atoms with van der Waals surface area (Å²) in [4.78, 5) is 2.81. The Morgan fingerprint density at radius 1 is 1.23 bits per heavy atom. The van der Waals surface area contributed by atoms with E-state index in [-0.39, 0.29) is 0 Å². The number of likely N-dealkylation sites (tertiary alicyclic amines) is 1. The van der Waals surface area contributed by atoms with Crippen LogP contribution in [0.5, 0.6) is 5.75 Å². The van der Waals surface area contributed by atoms with E-state index in [1.807, 2.05) is 6.07 Å². The van der Waals surface area contributed by atoms with Crippen LogP contribution < -0.4 is 4.74 Å². The average Bonchev–Trinajstić information content (AvgIpc) is 2.61. The highest BCUT2D eigenvalue weighted by Gasteiger charge is 2.26. The quantitative estimate of drug-likeness (QED) is 0.805. The van der Waals surface area contributed by atoms with Crippen molar-refractivity contribution < 1.29 is 4.74 Å². The van der Waals surface area contributed by atoms with Crippen LogP contribution in [0.25, 0.3) is 0 Å². The van der Waals surface area contributed by atoms with Crippen molar-refractivity contribution in [2.24, 2.45) is 5.92 Å². The Bertz CT molecular complexity index is 459. The third-order valence-corrected chi connectivity index (χ3v) is 6.28. The first-order valence-electron chi connectivity index (χ1n) is 8.80. The summed E-state index contributed by atoms with van der Waals surface area (Å²) in [6.45, 7) is 2.67. The second kappa shape index (κ2) is 8.26. The van der Waals surface area contributed by atoms with E-state index in [0.29, 0.717) is 0 Å². The molecule has 2 heterocycles. The van der Waals surface area contributed by atoms with Gasteiger partial charge < -0.3 is 9.64 Å². The van der Waals surface area contributed by atoms with Crippen molar-refractivity contribution in [3.8, 4) is 5.75 Å². The van der Waals surface area contributed by atoms with Gasteiger partial charge in [-0.2, -0.15) is 11.8 Å². The molecule has 3 heteroatoms. The number of aryl methyl sites for hydroxylation is 1. The van der Waals surface area contributed by atoms with Crippen molar-refractivity contribution in [3.63, 3.8) is 0 Å². The average molecular weight is 320 g/mol. The fraction of sp³-hybridized carbons (Fsp3) is 0.684. The van der Waals surface area contributed by atoms with Gasteiger partial charge in [-0.1, -0.05) is 12.1 Å². The Balaban J connectivity index is 1.49. The first kappa shape index (κ1) is 16.2. The molecule has 22 heavy (non-hydrogen) atoms. The SMILES string of the molecule is COc1cccc(CC[C@H]2CCCN(C3CCSCC3)C2)c1. The van der Waals surface area contributed by atoms with Gasteiger partial charge in [0.05, 0.1) is 7.11 Å². The van der Waals surface area contributed by atoms with E-state index in [1.165, 1.54) is 68.7 Å². The van der Waals surface area contributed by atoms with Crippen LogP contribution in [0.2, 0.25) is 0 Å². The van der Waals surface area contributed by atoms with Gasteiger partial charge in [0, 0.05) is 12.6 Å². The lowest BCUT2D eigenvalue weighted by molar-refractivity contribution is 0.113. The Kier molecular flexibility index (Phi) is 6.08. The molecule has 0 aromatic heterocycles. The number of piperidine rings is 1. The van der Waals surface area contributed by atoms with Crippen LogP contribution in [-0.4, -0.2) is 42.6 Å². The number of thioether (sulfide) groups is 1. The molecule has 1 atom stereocenters. The Morgan fingerprint density at radius 2 is 2.09 bits per heavy atom. The van der Waals surface area contributed by atoms with E-state index in [2.05, 4.69) is 34.9 Å². The summed E-state index contributed by atoms with van der Waals surface area (Å²) >= 11 is 2.14. The minimum absolute atomic E-state index is 0.876. The van der Waals surface area contributed by atoms with Crippen molar-refractivity contribution in [1.29, 1.82) is 0 Å².